The number of carbonyl (C=O) groups is 1. The van der Waals surface area contributed by atoms with Gasteiger partial charge in [-0.1, -0.05) is 12.1 Å². The molecule has 1 saturated heterocycles. The Labute approximate surface area is 141 Å². The summed E-state index contributed by atoms with van der Waals surface area (Å²) in [6.45, 7) is 8.03. The van der Waals surface area contributed by atoms with Crippen molar-refractivity contribution in [3.8, 4) is 0 Å². The van der Waals surface area contributed by atoms with Crippen LogP contribution < -0.4 is 5.32 Å². The highest BCUT2D eigenvalue weighted by Gasteiger charge is 2.30. The minimum absolute atomic E-state index is 0.0683. The number of rotatable bonds is 2. The Morgan fingerprint density at radius 1 is 1.38 bits per heavy atom. The Morgan fingerprint density at radius 3 is 2.83 bits per heavy atom. The Bertz CT molecular complexity index is 735. The maximum Gasteiger partial charge on any atom is 0.257 e. The fourth-order valence-corrected chi connectivity index (χ4v) is 2.92. The summed E-state index contributed by atoms with van der Waals surface area (Å²) in [6.07, 6.45) is 3.39. The van der Waals surface area contributed by atoms with Gasteiger partial charge in [0.15, 0.2) is 0 Å². The molecule has 0 bridgehead atoms. The lowest BCUT2D eigenvalue weighted by atomic mass is 10.0. The molecule has 6 heteroatoms. The van der Waals surface area contributed by atoms with Gasteiger partial charge in [-0.3, -0.25) is 9.48 Å². The Hall–Kier alpha value is -2.21. The third kappa shape index (κ3) is 3.33. The minimum Gasteiger partial charge on any atom is -0.329 e. The van der Waals surface area contributed by atoms with E-state index in [-0.39, 0.29) is 23.3 Å². The summed E-state index contributed by atoms with van der Waals surface area (Å²) in [5.74, 6) is -0.354. The number of hydrogen-bond acceptors (Lipinski definition) is 3. The van der Waals surface area contributed by atoms with Crippen LogP contribution in [0.1, 0.15) is 42.7 Å². The number of amides is 1. The smallest absolute Gasteiger partial charge is 0.257 e. The van der Waals surface area contributed by atoms with Crippen LogP contribution in [0.5, 0.6) is 0 Å². The quantitative estimate of drug-likeness (QED) is 0.921. The number of aromatic nitrogens is 2. The second-order valence-electron chi connectivity index (χ2n) is 7.12. The predicted octanol–water partition coefficient (Wildman–Crippen LogP) is 2.56. The van der Waals surface area contributed by atoms with Crippen molar-refractivity contribution in [1.29, 1.82) is 0 Å². The molecule has 1 aliphatic heterocycles. The molecule has 2 aromatic rings. The fraction of sp³-hybridized carbons (Fsp3) is 0.444. The molecule has 1 amide bonds. The monoisotopic (exact) mass is 330 g/mol. The van der Waals surface area contributed by atoms with Crippen LogP contribution in [0.4, 0.5) is 4.39 Å². The van der Waals surface area contributed by atoms with Gasteiger partial charge in [0.1, 0.15) is 5.82 Å². The molecule has 128 valence electrons. The van der Waals surface area contributed by atoms with E-state index in [4.69, 9.17) is 0 Å². The maximum atomic E-state index is 13.6. The van der Waals surface area contributed by atoms with Crippen molar-refractivity contribution in [1.82, 2.24) is 20.0 Å². The van der Waals surface area contributed by atoms with Gasteiger partial charge < -0.3 is 10.2 Å². The van der Waals surface area contributed by atoms with E-state index in [0.717, 1.165) is 12.1 Å². The van der Waals surface area contributed by atoms with E-state index in [2.05, 4.69) is 10.4 Å². The molecule has 5 nitrogen and oxygen atoms in total. The number of piperazine rings is 1. The van der Waals surface area contributed by atoms with Crippen molar-refractivity contribution in [2.24, 2.45) is 0 Å². The zero-order valence-corrected chi connectivity index (χ0v) is 14.3. The third-order valence-electron chi connectivity index (χ3n) is 4.25. The first-order valence-electron chi connectivity index (χ1n) is 8.18. The van der Waals surface area contributed by atoms with Crippen molar-refractivity contribution < 1.29 is 9.18 Å². The van der Waals surface area contributed by atoms with Gasteiger partial charge in [0.25, 0.3) is 5.91 Å². The summed E-state index contributed by atoms with van der Waals surface area (Å²) >= 11 is 0. The molecule has 0 aliphatic carbocycles. The van der Waals surface area contributed by atoms with Crippen LogP contribution in [-0.4, -0.2) is 40.2 Å². The Balaban J connectivity index is 1.87. The molecular formula is C18H23FN4O. The van der Waals surface area contributed by atoms with E-state index in [1.807, 2.05) is 26.8 Å². The molecule has 1 aromatic carbocycles. The van der Waals surface area contributed by atoms with Gasteiger partial charge in [-0.2, -0.15) is 5.10 Å². The summed E-state index contributed by atoms with van der Waals surface area (Å²) in [4.78, 5) is 14.8. The Kier molecular flexibility index (Phi) is 4.41. The number of nitrogens with zero attached hydrogens (tertiary/aromatic N) is 3. The second kappa shape index (κ2) is 6.36. The van der Waals surface area contributed by atoms with Gasteiger partial charge in [-0.05, 0) is 38.5 Å². The molecule has 1 aromatic heterocycles. The number of carbonyl (C=O) groups excluding carboxylic acids is 1. The van der Waals surface area contributed by atoms with E-state index >= 15 is 0 Å². The molecule has 0 radical (unpaired) electrons. The summed E-state index contributed by atoms with van der Waals surface area (Å²) in [5.41, 5.74) is 1.19. The lowest BCUT2D eigenvalue weighted by molar-refractivity contribution is 0.0633. The van der Waals surface area contributed by atoms with Gasteiger partial charge in [0.05, 0.1) is 23.3 Å². The molecule has 1 aliphatic rings. The average Bonchev–Trinajstić information content (AvgIpc) is 3.04. The number of hydrogen-bond donors (Lipinski definition) is 1. The van der Waals surface area contributed by atoms with Crippen LogP contribution in [0.3, 0.4) is 0 Å². The SMILES string of the molecule is CC(C)(C)n1cc(C(=O)N2CCNCC2c2cccc(F)c2)cn1. The molecular weight excluding hydrogens is 307 g/mol. The summed E-state index contributed by atoms with van der Waals surface area (Å²) in [5, 5.41) is 7.59. The van der Waals surface area contributed by atoms with Crippen molar-refractivity contribution in [3.63, 3.8) is 0 Å². The van der Waals surface area contributed by atoms with E-state index in [0.29, 0.717) is 18.7 Å². The van der Waals surface area contributed by atoms with Crippen LogP contribution in [0, 0.1) is 5.82 Å². The highest BCUT2D eigenvalue weighted by Crippen LogP contribution is 2.25. The van der Waals surface area contributed by atoms with Gasteiger partial charge in [-0.15, -0.1) is 0 Å². The van der Waals surface area contributed by atoms with E-state index in [1.165, 1.54) is 12.1 Å². The molecule has 3 rings (SSSR count). The number of halogens is 1. The molecule has 1 fully saturated rings. The second-order valence-corrected chi connectivity index (χ2v) is 7.12. The topological polar surface area (TPSA) is 50.2 Å². The lowest BCUT2D eigenvalue weighted by Crippen LogP contribution is -2.48. The molecule has 1 unspecified atom stereocenters. The predicted molar refractivity (Wildman–Crippen MR) is 90.3 cm³/mol. The van der Waals surface area contributed by atoms with Crippen LogP contribution >= 0.6 is 0 Å². The maximum absolute atomic E-state index is 13.6. The van der Waals surface area contributed by atoms with Crippen molar-refractivity contribution >= 4 is 5.91 Å². The van der Waals surface area contributed by atoms with E-state index in [9.17, 15) is 9.18 Å². The highest BCUT2D eigenvalue weighted by molar-refractivity contribution is 5.94. The molecule has 24 heavy (non-hydrogen) atoms. The van der Waals surface area contributed by atoms with Crippen molar-refractivity contribution in [2.45, 2.75) is 32.4 Å². The van der Waals surface area contributed by atoms with Crippen LogP contribution in [0.2, 0.25) is 0 Å². The zero-order valence-electron chi connectivity index (χ0n) is 14.3. The summed E-state index contributed by atoms with van der Waals surface area (Å²) in [6, 6.07) is 6.27. The number of benzene rings is 1. The van der Waals surface area contributed by atoms with Crippen LogP contribution in [0.15, 0.2) is 36.7 Å². The molecule has 1 N–H and O–H groups in total. The van der Waals surface area contributed by atoms with Gasteiger partial charge in [0, 0.05) is 25.8 Å². The standard InChI is InChI=1S/C18H23FN4O/c1-18(2,3)23-12-14(10-21-23)17(24)22-8-7-20-11-16(22)13-5-4-6-15(19)9-13/h4-6,9-10,12,16,20H,7-8,11H2,1-3H3. The Morgan fingerprint density at radius 2 is 2.17 bits per heavy atom. The minimum atomic E-state index is -0.286. The zero-order chi connectivity index (χ0) is 17.3. The summed E-state index contributed by atoms with van der Waals surface area (Å²) in [7, 11) is 0. The highest BCUT2D eigenvalue weighted by atomic mass is 19.1. The van der Waals surface area contributed by atoms with Gasteiger partial charge in [0.2, 0.25) is 0 Å². The summed E-state index contributed by atoms with van der Waals surface area (Å²) < 4.78 is 15.4. The lowest BCUT2D eigenvalue weighted by Gasteiger charge is -2.36. The largest absolute Gasteiger partial charge is 0.329 e. The molecule has 0 saturated carbocycles. The normalized spacial score (nSPS) is 18.7. The van der Waals surface area contributed by atoms with Gasteiger partial charge >= 0.3 is 0 Å². The molecule has 1 atom stereocenters. The van der Waals surface area contributed by atoms with E-state index < -0.39 is 0 Å². The van der Waals surface area contributed by atoms with Crippen LogP contribution in [-0.2, 0) is 5.54 Å². The van der Waals surface area contributed by atoms with Crippen molar-refractivity contribution in [2.75, 3.05) is 19.6 Å². The molecule has 2 heterocycles. The average molecular weight is 330 g/mol. The third-order valence-corrected chi connectivity index (χ3v) is 4.25. The van der Waals surface area contributed by atoms with Crippen LogP contribution in [0.25, 0.3) is 0 Å². The first-order valence-corrected chi connectivity index (χ1v) is 8.18. The first-order chi connectivity index (χ1) is 11.4. The van der Waals surface area contributed by atoms with E-state index in [1.54, 1.807) is 28.0 Å². The van der Waals surface area contributed by atoms with Crippen molar-refractivity contribution in [3.05, 3.63) is 53.6 Å². The van der Waals surface area contributed by atoms with Gasteiger partial charge in [-0.25, -0.2) is 4.39 Å². The fourth-order valence-electron chi connectivity index (χ4n) is 2.92. The number of nitrogens with one attached hydrogen (secondary N) is 1. The first kappa shape index (κ1) is 16.6. The molecule has 0 spiro atoms.